The third-order valence-electron chi connectivity index (χ3n) is 1.96. The standard InChI is InChI=1S/C14H16O2/c1-3-7-14(15)16-12(2)10-11-13-8-5-4-6-9-13/h4-6,8-9,12H,3,7H2,1-2H3/t12-/m0/s1. The highest BCUT2D eigenvalue weighted by Crippen LogP contribution is 1.98. The van der Waals surface area contributed by atoms with Gasteiger partial charge in [0.05, 0.1) is 0 Å². The summed E-state index contributed by atoms with van der Waals surface area (Å²) in [4.78, 5) is 11.2. The first-order chi connectivity index (χ1) is 7.72. The number of esters is 1. The molecule has 0 bridgehead atoms. The molecule has 0 aliphatic rings. The molecular weight excluding hydrogens is 200 g/mol. The van der Waals surface area contributed by atoms with Crippen molar-refractivity contribution in [2.75, 3.05) is 0 Å². The van der Waals surface area contributed by atoms with Crippen LogP contribution >= 0.6 is 0 Å². The molecule has 2 nitrogen and oxygen atoms in total. The van der Waals surface area contributed by atoms with Crippen molar-refractivity contribution >= 4 is 5.97 Å². The summed E-state index contributed by atoms with van der Waals surface area (Å²) in [7, 11) is 0. The van der Waals surface area contributed by atoms with Gasteiger partial charge in [0.15, 0.2) is 6.10 Å². The van der Waals surface area contributed by atoms with E-state index in [-0.39, 0.29) is 12.1 Å². The van der Waals surface area contributed by atoms with E-state index in [2.05, 4.69) is 11.8 Å². The highest BCUT2D eigenvalue weighted by atomic mass is 16.5. The minimum Gasteiger partial charge on any atom is -0.449 e. The molecule has 0 aliphatic heterocycles. The van der Waals surface area contributed by atoms with Crippen molar-refractivity contribution < 1.29 is 9.53 Å². The van der Waals surface area contributed by atoms with Crippen LogP contribution in [0.5, 0.6) is 0 Å². The molecule has 0 saturated heterocycles. The number of rotatable bonds is 3. The van der Waals surface area contributed by atoms with Crippen molar-refractivity contribution in [3.05, 3.63) is 35.9 Å². The van der Waals surface area contributed by atoms with E-state index in [1.165, 1.54) is 0 Å². The summed E-state index contributed by atoms with van der Waals surface area (Å²) in [5.41, 5.74) is 0.931. The summed E-state index contributed by atoms with van der Waals surface area (Å²) >= 11 is 0. The Kier molecular flexibility index (Phi) is 5.15. The van der Waals surface area contributed by atoms with Crippen molar-refractivity contribution in [3.63, 3.8) is 0 Å². The van der Waals surface area contributed by atoms with E-state index >= 15 is 0 Å². The molecule has 1 rings (SSSR count). The molecular formula is C14H16O2. The topological polar surface area (TPSA) is 26.3 Å². The van der Waals surface area contributed by atoms with Gasteiger partial charge in [-0.2, -0.15) is 0 Å². The van der Waals surface area contributed by atoms with E-state index in [4.69, 9.17) is 4.74 Å². The lowest BCUT2D eigenvalue weighted by Crippen LogP contribution is -2.12. The molecule has 0 fully saturated rings. The van der Waals surface area contributed by atoms with Crippen LogP contribution in [0.4, 0.5) is 0 Å². The van der Waals surface area contributed by atoms with Crippen LogP contribution in [0.15, 0.2) is 30.3 Å². The molecule has 0 amide bonds. The first kappa shape index (κ1) is 12.3. The maximum absolute atomic E-state index is 11.2. The predicted molar refractivity (Wildman–Crippen MR) is 63.8 cm³/mol. The Balaban J connectivity index is 2.49. The minimum atomic E-state index is -0.348. The maximum atomic E-state index is 11.2. The Morgan fingerprint density at radius 2 is 2.06 bits per heavy atom. The fourth-order valence-corrected chi connectivity index (χ4v) is 1.20. The molecule has 0 radical (unpaired) electrons. The highest BCUT2D eigenvalue weighted by Gasteiger charge is 2.04. The molecule has 0 N–H and O–H groups in total. The highest BCUT2D eigenvalue weighted by molar-refractivity contribution is 5.69. The van der Waals surface area contributed by atoms with Crippen LogP contribution in [0.25, 0.3) is 0 Å². The van der Waals surface area contributed by atoms with E-state index in [0.29, 0.717) is 6.42 Å². The molecule has 1 aromatic rings. The first-order valence-corrected chi connectivity index (χ1v) is 5.48. The molecule has 0 heterocycles. The van der Waals surface area contributed by atoms with E-state index in [0.717, 1.165) is 12.0 Å². The van der Waals surface area contributed by atoms with Crippen molar-refractivity contribution in [2.45, 2.75) is 32.8 Å². The lowest BCUT2D eigenvalue weighted by molar-refractivity contribution is -0.145. The summed E-state index contributed by atoms with van der Waals surface area (Å²) in [6.07, 6.45) is 0.911. The van der Waals surface area contributed by atoms with Gasteiger partial charge in [0.2, 0.25) is 0 Å². The molecule has 1 atom stereocenters. The van der Waals surface area contributed by atoms with Gasteiger partial charge >= 0.3 is 5.97 Å². The second-order valence-corrected chi connectivity index (χ2v) is 3.52. The Labute approximate surface area is 96.6 Å². The third kappa shape index (κ3) is 4.65. The van der Waals surface area contributed by atoms with Crippen LogP contribution in [0.3, 0.4) is 0 Å². The summed E-state index contributed by atoms with van der Waals surface area (Å²) in [5.74, 6) is 5.68. The van der Waals surface area contributed by atoms with Gasteiger partial charge in [-0.15, -0.1) is 0 Å². The van der Waals surface area contributed by atoms with Crippen LogP contribution < -0.4 is 0 Å². The molecule has 0 saturated carbocycles. The van der Waals surface area contributed by atoms with Gasteiger partial charge in [0.25, 0.3) is 0 Å². The van der Waals surface area contributed by atoms with Gasteiger partial charge in [-0.3, -0.25) is 4.79 Å². The van der Waals surface area contributed by atoms with Crippen LogP contribution in [0.1, 0.15) is 32.3 Å². The molecule has 0 aromatic heterocycles. The normalized spacial score (nSPS) is 11.1. The number of hydrogen-bond donors (Lipinski definition) is 0. The second-order valence-electron chi connectivity index (χ2n) is 3.52. The zero-order valence-corrected chi connectivity index (χ0v) is 9.69. The number of carbonyl (C=O) groups is 1. The van der Waals surface area contributed by atoms with Crippen molar-refractivity contribution in [1.29, 1.82) is 0 Å². The second kappa shape index (κ2) is 6.68. The summed E-state index contributed by atoms with van der Waals surface area (Å²) in [5, 5.41) is 0. The average Bonchev–Trinajstić information content (AvgIpc) is 2.28. The zero-order chi connectivity index (χ0) is 11.8. The third-order valence-corrected chi connectivity index (χ3v) is 1.96. The number of ether oxygens (including phenoxy) is 1. The lowest BCUT2D eigenvalue weighted by Gasteiger charge is -2.05. The Hall–Kier alpha value is -1.75. The van der Waals surface area contributed by atoms with E-state index in [1.54, 1.807) is 6.92 Å². The Morgan fingerprint density at radius 1 is 1.38 bits per heavy atom. The molecule has 0 unspecified atom stereocenters. The minimum absolute atomic E-state index is 0.183. The Bertz CT molecular complexity index is 384. The first-order valence-electron chi connectivity index (χ1n) is 5.48. The maximum Gasteiger partial charge on any atom is 0.307 e. The van der Waals surface area contributed by atoms with E-state index < -0.39 is 0 Å². The smallest absolute Gasteiger partial charge is 0.307 e. The van der Waals surface area contributed by atoms with Gasteiger partial charge in [-0.25, -0.2) is 0 Å². The van der Waals surface area contributed by atoms with Crippen molar-refractivity contribution in [1.82, 2.24) is 0 Å². The average molecular weight is 216 g/mol. The van der Waals surface area contributed by atoms with Gasteiger partial charge in [0.1, 0.15) is 0 Å². The monoisotopic (exact) mass is 216 g/mol. The number of hydrogen-bond acceptors (Lipinski definition) is 2. The summed E-state index contributed by atoms with van der Waals surface area (Å²) < 4.78 is 5.10. The lowest BCUT2D eigenvalue weighted by atomic mass is 10.2. The van der Waals surface area contributed by atoms with Gasteiger partial charge < -0.3 is 4.74 Å². The fourth-order valence-electron chi connectivity index (χ4n) is 1.20. The van der Waals surface area contributed by atoms with Crippen molar-refractivity contribution in [2.24, 2.45) is 0 Å². The van der Waals surface area contributed by atoms with E-state index in [1.807, 2.05) is 37.3 Å². The number of benzene rings is 1. The van der Waals surface area contributed by atoms with Crippen LogP contribution in [-0.2, 0) is 9.53 Å². The SMILES string of the molecule is CCCC(=O)O[C@@H](C)C#Cc1ccccc1. The van der Waals surface area contributed by atoms with Crippen molar-refractivity contribution in [3.8, 4) is 11.8 Å². The summed E-state index contributed by atoms with van der Waals surface area (Å²) in [6.45, 7) is 3.73. The predicted octanol–water partition coefficient (Wildman–Crippen LogP) is 2.77. The molecule has 2 heteroatoms. The molecule has 0 aliphatic carbocycles. The quantitative estimate of drug-likeness (QED) is 0.573. The largest absolute Gasteiger partial charge is 0.449 e. The van der Waals surface area contributed by atoms with Crippen LogP contribution in [0.2, 0.25) is 0 Å². The molecule has 0 spiro atoms. The summed E-state index contributed by atoms with van der Waals surface area (Å²) in [6, 6.07) is 9.65. The zero-order valence-electron chi connectivity index (χ0n) is 9.69. The van der Waals surface area contributed by atoms with Crippen LogP contribution in [-0.4, -0.2) is 12.1 Å². The molecule has 16 heavy (non-hydrogen) atoms. The molecule has 1 aromatic carbocycles. The number of carbonyl (C=O) groups excluding carboxylic acids is 1. The van der Waals surface area contributed by atoms with E-state index in [9.17, 15) is 4.79 Å². The fraction of sp³-hybridized carbons (Fsp3) is 0.357. The van der Waals surface area contributed by atoms with Crippen LogP contribution in [0, 0.1) is 11.8 Å². The van der Waals surface area contributed by atoms with Gasteiger partial charge in [-0.1, -0.05) is 37.0 Å². The molecule has 84 valence electrons. The van der Waals surface area contributed by atoms with Gasteiger partial charge in [-0.05, 0) is 25.5 Å². The van der Waals surface area contributed by atoms with Gasteiger partial charge in [0, 0.05) is 12.0 Å². The Morgan fingerprint density at radius 3 is 2.69 bits per heavy atom.